The maximum Gasteiger partial charge on any atom is 0.251 e. The molecule has 1 heterocycles. The van der Waals surface area contributed by atoms with Gasteiger partial charge in [0, 0.05) is 0 Å². The van der Waals surface area contributed by atoms with Gasteiger partial charge in [-0.05, 0) is 46.9 Å². The topological polar surface area (TPSA) is 77.6 Å². The van der Waals surface area contributed by atoms with Gasteiger partial charge in [0.05, 0.1) is 28.9 Å². The van der Waals surface area contributed by atoms with Crippen molar-refractivity contribution in [2.24, 2.45) is 0 Å². The SMILES string of the molecule is COc1ccccc1-c1nnc(-c2ccc(OC)c(O)c2I)o1. The summed E-state index contributed by atoms with van der Waals surface area (Å²) in [5.74, 6) is 1.75. The van der Waals surface area contributed by atoms with E-state index in [0.29, 0.717) is 38.0 Å². The molecule has 7 heteroatoms. The van der Waals surface area contributed by atoms with Gasteiger partial charge in [0.25, 0.3) is 5.89 Å². The van der Waals surface area contributed by atoms with E-state index in [1.165, 1.54) is 7.11 Å². The summed E-state index contributed by atoms with van der Waals surface area (Å²) in [6, 6.07) is 10.8. The van der Waals surface area contributed by atoms with Crippen LogP contribution in [0.25, 0.3) is 22.9 Å². The molecule has 0 radical (unpaired) electrons. The average Bonchev–Trinajstić information content (AvgIpc) is 3.06. The number of nitrogens with zero attached hydrogens (tertiary/aromatic N) is 2. The molecule has 118 valence electrons. The fourth-order valence-corrected chi connectivity index (χ4v) is 2.82. The zero-order chi connectivity index (χ0) is 16.4. The molecular formula is C16H13IN2O4. The number of ether oxygens (including phenoxy) is 2. The number of para-hydroxylation sites is 1. The van der Waals surface area contributed by atoms with Crippen LogP contribution in [0.5, 0.6) is 17.2 Å². The number of methoxy groups -OCH3 is 2. The Balaban J connectivity index is 2.05. The van der Waals surface area contributed by atoms with E-state index >= 15 is 0 Å². The second-order valence-electron chi connectivity index (χ2n) is 4.59. The zero-order valence-corrected chi connectivity index (χ0v) is 14.6. The van der Waals surface area contributed by atoms with E-state index in [4.69, 9.17) is 13.9 Å². The molecule has 2 aromatic carbocycles. The molecule has 3 aromatic rings. The quantitative estimate of drug-likeness (QED) is 0.644. The van der Waals surface area contributed by atoms with Gasteiger partial charge in [-0.3, -0.25) is 0 Å². The Bertz CT molecular complexity index is 848. The first-order valence-corrected chi connectivity index (χ1v) is 7.76. The maximum absolute atomic E-state index is 10.1. The van der Waals surface area contributed by atoms with E-state index in [9.17, 15) is 5.11 Å². The smallest absolute Gasteiger partial charge is 0.251 e. The minimum Gasteiger partial charge on any atom is -0.504 e. The number of hydrogen-bond donors (Lipinski definition) is 1. The lowest BCUT2D eigenvalue weighted by Crippen LogP contribution is -1.89. The van der Waals surface area contributed by atoms with Gasteiger partial charge < -0.3 is 19.0 Å². The number of rotatable bonds is 4. The van der Waals surface area contributed by atoms with Crippen LogP contribution >= 0.6 is 22.6 Å². The first-order chi connectivity index (χ1) is 11.2. The molecule has 0 saturated carbocycles. The molecule has 1 aromatic heterocycles. The van der Waals surface area contributed by atoms with Crippen LogP contribution in [-0.2, 0) is 0 Å². The van der Waals surface area contributed by atoms with Gasteiger partial charge in [0.2, 0.25) is 5.89 Å². The van der Waals surface area contributed by atoms with Gasteiger partial charge in [-0.25, -0.2) is 0 Å². The third kappa shape index (κ3) is 2.83. The number of aromatic hydroxyl groups is 1. The van der Waals surface area contributed by atoms with Crippen LogP contribution in [0.1, 0.15) is 0 Å². The molecule has 0 fully saturated rings. The fraction of sp³-hybridized carbons (Fsp3) is 0.125. The summed E-state index contributed by atoms with van der Waals surface area (Å²) >= 11 is 2.01. The third-order valence-electron chi connectivity index (χ3n) is 3.29. The minimum atomic E-state index is 0.0441. The largest absolute Gasteiger partial charge is 0.504 e. The van der Waals surface area contributed by atoms with Crippen LogP contribution in [0.3, 0.4) is 0 Å². The first-order valence-electron chi connectivity index (χ1n) is 6.68. The standard InChI is InChI=1S/C16H13IN2O4/c1-21-11-6-4-3-5-9(11)15-18-19-16(23-15)10-7-8-12(22-2)14(20)13(10)17/h3-8,20H,1-2H3. The Hall–Kier alpha value is -2.29. The third-order valence-corrected chi connectivity index (χ3v) is 4.38. The van der Waals surface area contributed by atoms with E-state index in [1.807, 2.05) is 46.9 Å². The summed E-state index contributed by atoms with van der Waals surface area (Å²) in [7, 11) is 3.08. The number of benzene rings is 2. The van der Waals surface area contributed by atoms with Crippen molar-refractivity contribution in [2.75, 3.05) is 14.2 Å². The molecule has 1 N–H and O–H groups in total. The molecule has 0 aliphatic heterocycles. The molecule has 0 amide bonds. The Morgan fingerprint density at radius 1 is 0.913 bits per heavy atom. The van der Waals surface area contributed by atoms with Gasteiger partial charge in [0.15, 0.2) is 11.5 Å². The van der Waals surface area contributed by atoms with Gasteiger partial charge >= 0.3 is 0 Å². The van der Waals surface area contributed by atoms with Crippen molar-refractivity contribution in [3.05, 3.63) is 40.0 Å². The van der Waals surface area contributed by atoms with Crippen molar-refractivity contribution in [2.45, 2.75) is 0 Å². The number of halogens is 1. The fourth-order valence-electron chi connectivity index (χ4n) is 2.14. The van der Waals surface area contributed by atoms with Crippen molar-refractivity contribution in [3.63, 3.8) is 0 Å². The molecule has 0 unspecified atom stereocenters. The van der Waals surface area contributed by atoms with E-state index in [-0.39, 0.29) is 5.75 Å². The zero-order valence-electron chi connectivity index (χ0n) is 12.4. The molecule has 3 rings (SSSR count). The average molecular weight is 424 g/mol. The van der Waals surface area contributed by atoms with Crippen molar-refractivity contribution in [1.82, 2.24) is 10.2 Å². The van der Waals surface area contributed by atoms with E-state index in [2.05, 4.69) is 10.2 Å². The Morgan fingerprint density at radius 3 is 2.26 bits per heavy atom. The number of hydrogen-bond acceptors (Lipinski definition) is 6. The lowest BCUT2D eigenvalue weighted by atomic mass is 10.2. The number of phenols is 1. The molecule has 0 bridgehead atoms. The van der Waals surface area contributed by atoms with Crippen LogP contribution in [0.15, 0.2) is 40.8 Å². The molecule has 0 aliphatic carbocycles. The van der Waals surface area contributed by atoms with Crippen LogP contribution in [0.2, 0.25) is 0 Å². The summed E-state index contributed by atoms with van der Waals surface area (Å²) in [5, 5.41) is 18.2. The highest BCUT2D eigenvalue weighted by Crippen LogP contribution is 2.38. The van der Waals surface area contributed by atoms with Crippen LogP contribution in [0, 0.1) is 3.57 Å². The van der Waals surface area contributed by atoms with E-state index in [1.54, 1.807) is 19.2 Å². The van der Waals surface area contributed by atoms with Crippen molar-refractivity contribution in [3.8, 4) is 40.2 Å². The highest BCUT2D eigenvalue weighted by molar-refractivity contribution is 14.1. The Morgan fingerprint density at radius 2 is 1.57 bits per heavy atom. The predicted molar refractivity (Wildman–Crippen MR) is 92.7 cm³/mol. The summed E-state index contributed by atoms with van der Waals surface area (Å²) < 4.78 is 16.7. The van der Waals surface area contributed by atoms with Crippen molar-refractivity contribution < 1.29 is 19.0 Å². The van der Waals surface area contributed by atoms with Crippen molar-refractivity contribution in [1.29, 1.82) is 0 Å². The molecule has 0 saturated heterocycles. The maximum atomic E-state index is 10.1. The minimum absolute atomic E-state index is 0.0441. The highest BCUT2D eigenvalue weighted by atomic mass is 127. The van der Waals surface area contributed by atoms with Crippen LogP contribution in [0.4, 0.5) is 0 Å². The molecule has 23 heavy (non-hydrogen) atoms. The highest BCUT2D eigenvalue weighted by Gasteiger charge is 2.19. The van der Waals surface area contributed by atoms with Gasteiger partial charge in [-0.15, -0.1) is 10.2 Å². The number of aromatic nitrogens is 2. The normalized spacial score (nSPS) is 10.6. The summed E-state index contributed by atoms with van der Waals surface area (Å²) in [6.07, 6.45) is 0. The monoisotopic (exact) mass is 424 g/mol. The second kappa shape index (κ2) is 6.45. The van der Waals surface area contributed by atoms with E-state index < -0.39 is 0 Å². The number of phenolic OH excluding ortho intramolecular Hbond substituents is 1. The Kier molecular flexibility index (Phi) is 4.37. The van der Waals surface area contributed by atoms with E-state index in [0.717, 1.165) is 0 Å². The summed E-state index contributed by atoms with van der Waals surface area (Å²) in [6.45, 7) is 0. The van der Waals surface area contributed by atoms with Crippen LogP contribution < -0.4 is 9.47 Å². The summed E-state index contributed by atoms with van der Waals surface area (Å²) in [4.78, 5) is 0. The van der Waals surface area contributed by atoms with Gasteiger partial charge in [-0.1, -0.05) is 12.1 Å². The van der Waals surface area contributed by atoms with Crippen molar-refractivity contribution >= 4 is 22.6 Å². The van der Waals surface area contributed by atoms with Gasteiger partial charge in [0.1, 0.15) is 5.75 Å². The lowest BCUT2D eigenvalue weighted by molar-refractivity contribution is 0.372. The van der Waals surface area contributed by atoms with Crippen LogP contribution in [-0.4, -0.2) is 29.5 Å². The Labute approximate surface area is 146 Å². The second-order valence-corrected chi connectivity index (χ2v) is 5.67. The van der Waals surface area contributed by atoms with Gasteiger partial charge in [-0.2, -0.15) is 0 Å². The molecule has 0 aliphatic rings. The molecule has 0 atom stereocenters. The summed E-state index contributed by atoms with van der Waals surface area (Å²) in [5.41, 5.74) is 1.35. The predicted octanol–water partition coefficient (Wildman–Crippen LogP) is 3.73. The molecule has 0 spiro atoms. The molecule has 6 nitrogen and oxygen atoms in total. The molecular weight excluding hydrogens is 411 g/mol. The lowest BCUT2D eigenvalue weighted by Gasteiger charge is -2.07. The first kappa shape index (κ1) is 15.6.